The molecule has 0 atom stereocenters. The smallest absolute Gasteiger partial charge is 0.254 e. The van der Waals surface area contributed by atoms with E-state index in [1.54, 1.807) is 12.4 Å². The van der Waals surface area contributed by atoms with Gasteiger partial charge < -0.3 is 10.6 Å². The van der Waals surface area contributed by atoms with Gasteiger partial charge >= 0.3 is 0 Å². The van der Waals surface area contributed by atoms with Crippen LogP contribution in [0.1, 0.15) is 34.3 Å². The second kappa shape index (κ2) is 5.52. The normalized spacial score (nSPS) is 13.8. The zero-order valence-electron chi connectivity index (χ0n) is 12.2. The van der Waals surface area contributed by atoms with E-state index in [9.17, 15) is 4.79 Å². The molecule has 1 fully saturated rings. The van der Waals surface area contributed by atoms with Gasteiger partial charge in [0, 0.05) is 24.1 Å². The van der Waals surface area contributed by atoms with Crippen molar-refractivity contribution in [3.05, 3.63) is 47.3 Å². The molecule has 1 aromatic carbocycles. The molecular weight excluding hydrogens is 264 g/mol. The van der Waals surface area contributed by atoms with Crippen LogP contribution in [-0.2, 0) is 0 Å². The van der Waals surface area contributed by atoms with Crippen molar-refractivity contribution in [2.24, 2.45) is 0 Å². The Balaban J connectivity index is 1.70. The number of anilines is 2. The molecule has 1 aromatic heterocycles. The summed E-state index contributed by atoms with van der Waals surface area (Å²) in [5, 5.41) is 6.08. The van der Waals surface area contributed by atoms with Crippen molar-refractivity contribution in [2.75, 3.05) is 5.32 Å². The highest BCUT2D eigenvalue weighted by molar-refractivity contribution is 5.94. The molecule has 0 aliphatic heterocycles. The Hall–Kier alpha value is -2.43. The maximum atomic E-state index is 11.8. The summed E-state index contributed by atoms with van der Waals surface area (Å²) in [6.45, 7) is 4.09. The van der Waals surface area contributed by atoms with E-state index in [0.717, 1.165) is 24.1 Å². The molecule has 2 N–H and O–H groups in total. The summed E-state index contributed by atoms with van der Waals surface area (Å²) in [5.74, 6) is 0.389. The number of carbonyl (C=O) groups is 1. The van der Waals surface area contributed by atoms with Gasteiger partial charge in [0.2, 0.25) is 5.95 Å². The Morgan fingerprint density at radius 1 is 1.19 bits per heavy atom. The predicted molar refractivity (Wildman–Crippen MR) is 81.7 cm³/mol. The van der Waals surface area contributed by atoms with E-state index in [4.69, 9.17) is 0 Å². The summed E-state index contributed by atoms with van der Waals surface area (Å²) in [6.07, 6.45) is 5.24. The summed E-state index contributed by atoms with van der Waals surface area (Å²) in [4.78, 5) is 20.3. The topological polar surface area (TPSA) is 66.9 Å². The highest BCUT2D eigenvalue weighted by atomic mass is 16.1. The molecule has 2 aromatic rings. The van der Waals surface area contributed by atoms with Crippen molar-refractivity contribution in [2.45, 2.75) is 32.7 Å². The standard InChI is InChI=1S/C16H18N4O/c1-10-3-6-14(11(2)7-10)20-16-17-8-12(9-18-16)15(21)19-13-4-5-13/h3,6-9,13H,4-5H2,1-2H3,(H,19,21)(H,17,18,20). The number of aryl methyl sites for hydroxylation is 2. The lowest BCUT2D eigenvalue weighted by molar-refractivity contribution is 0.0950. The molecule has 1 aliphatic rings. The third-order valence-electron chi connectivity index (χ3n) is 3.45. The van der Waals surface area contributed by atoms with Gasteiger partial charge in [0.25, 0.3) is 5.91 Å². The maximum absolute atomic E-state index is 11.8. The largest absolute Gasteiger partial charge is 0.349 e. The summed E-state index contributed by atoms with van der Waals surface area (Å²) in [5.41, 5.74) is 3.81. The Kier molecular flexibility index (Phi) is 3.56. The van der Waals surface area contributed by atoms with E-state index in [0.29, 0.717) is 17.6 Å². The molecule has 5 heteroatoms. The number of aromatic nitrogens is 2. The van der Waals surface area contributed by atoms with Crippen LogP contribution in [-0.4, -0.2) is 21.9 Å². The molecule has 1 aliphatic carbocycles. The minimum atomic E-state index is -0.101. The first-order valence-corrected chi connectivity index (χ1v) is 7.09. The first kappa shape index (κ1) is 13.5. The van der Waals surface area contributed by atoms with Crippen molar-refractivity contribution >= 4 is 17.5 Å². The van der Waals surface area contributed by atoms with E-state index in [1.807, 2.05) is 19.1 Å². The van der Waals surface area contributed by atoms with Crippen molar-refractivity contribution in [3.8, 4) is 0 Å². The Morgan fingerprint density at radius 2 is 1.90 bits per heavy atom. The third kappa shape index (κ3) is 3.37. The zero-order valence-corrected chi connectivity index (χ0v) is 12.2. The summed E-state index contributed by atoms with van der Waals surface area (Å²) >= 11 is 0. The van der Waals surface area contributed by atoms with Crippen molar-refractivity contribution in [3.63, 3.8) is 0 Å². The minimum absolute atomic E-state index is 0.101. The molecule has 5 nitrogen and oxygen atoms in total. The van der Waals surface area contributed by atoms with Crippen LogP contribution in [0.3, 0.4) is 0 Å². The molecular formula is C16H18N4O. The van der Waals surface area contributed by atoms with Gasteiger partial charge in [0.15, 0.2) is 0 Å². The molecule has 0 bridgehead atoms. The molecule has 3 rings (SSSR count). The number of benzene rings is 1. The van der Waals surface area contributed by atoms with Crippen molar-refractivity contribution < 1.29 is 4.79 Å². The lowest BCUT2D eigenvalue weighted by atomic mass is 10.1. The lowest BCUT2D eigenvalue weighted by Crippen LogP contribution is -2.25. The molecule has 1 amide bonds. The lowest BCUT2D eigenvalue weighted by Gasteiger charge is -2.09. The minimum Gasteiger partial charge on any atom is -0.349 e. The van der Waals surface area contributed by atoms with Crippen LogP contribution in [0.2, 0.25) is 0 Å². The van der Waals surface area contributed by atoms with Gasteiger partial charge in [-0.15, -0.1) is 0 Å². The second-order valence-electron chi connectivity index (χ2n) is 5.49. The van der Waals surface area contributed by atoms with E-state index in [-0.39, 0.29) is 5.91 Å². The number of hydrogen-bond acceptors (Lipinski definition) is 4. The highest BCUT2D eigenvalue weighted by Gasteiger charge is 2.23. The highest BCUT2D eigenvalue weighted by Crippen LogP contribution is 2.20. The zero-order chi connectivity index (χ0) is 14.8. The Bertz CT molecular complexity index is 662. The van der Waals surface area contributed by atoms with Crippen LogP contribution in [0.5, 0.6) is 0 Å². The van der Waals surface area contributed by atoms with Crippen LogP contribution in [0, 0.1) is 13.8 Å². The van der Waals surface area contributed by atoms with Crippen molar-refractivity contribution in [1.82, 2.24) is 15.3 Å². The fourth-order valence-electron chi connectivity index (χ4n) is 2.08. The van der Waals surface area contributed by atoms with E-state index < -0.39 is 0 Å². The number of nitrogens with one attached hydrogen (secondary N) is 2. The Morgan fingerprint density at radius 3 is 2.52 bits per heavy atom. The summed E-state index contributed by atoms with van der Waals surface area (Å²) in [7, 11) is 0. The average Bonchev–Trinajstić information content (AvgIpc) is 3.26. The molecule has 1 heterocycles. The molecule has 0 unspecified atom stereocenters. The summed E-state index contributed by atoms with van der Waals surface area (Å²) in [6, 6.07) is 6.47. The van der Waals surface area contributed by atoms with Crippen LogP contribution in [0.25, 0.3) is 0 Å². The van der Waals surface area contributed by atoms with E-state index >= 15 is 0 Å². The fraction of sp³-hybridized carbons (Fsp3) is 0.312. The predicted octanol–water partition coefficient (Wildman–Crippen LogP) is 2.73. The number of carbonyl (C=O) groups excluding carboxylic acids is 1. The number of nitrogens with zero attached hydrogens (tertiary/aromatic N) is 2. The van der Waals surface area contributed by atoms with Gasteiger partial charge in [-0.2, -0.15) is 0 Å². The first-order valence-electron chi connectivity index (χ1n) is 7.09. The molecule has 0 spiro atoms. The fourth-order valence-corrected chi connectivity index (χ4v) is 2.08. The van der Waals surface area contributed by atoms with Crippen LogP contribution in [0.15, 0.2) is 30.6 Å². The SMILES string of the molecule is Cc1ccc(Nc2ncc(C(=O)NC3CC3)cn2)c(C)c1. The van der Waals surface area contributed by atoms with Gasteiger partial charge in [-0.05, 0) is 38.3 Å². The van der Waals surface area contributed by atoms with Crippen LogP contribution in [0.4, 0.5) is 11.6 Å². The van der Waals surface area contributed by atoms with Crippen LogP contribution < -0.4 is 10.6 Å². The molecule has 0 radical (unpaired) electrons. The quantitative estimate of drug-likeness (QED) is 0.905. The average molecular weight is 282 g/mol. The van der Waals surface area contributed by atoms with E-state index in [2.05, 4.69) is 33.6 Å². The number of amides is 1. The third-order valence-corrected chi connectivity index (χ3v) is 3.45. The van der Waals surface area contributed by atoms with Gasteiger partial charge in [0.05, 0.1) is 5.56 Å². The van der Waals surface area contributed by atoms with E-state index in [1.165, 1.54) is 5.56 Å². The summed E-state index contributed by atoms with van der Waals surface area (Å²) < 4.78 is 0. The number of hydrogen-bond donors (Lipinski definition) is 2. The van der Waals surface area contributed by atoms with Gasteiger partial charge in [-0.25, -0.2) is 9.97 Å². The van der Waals surface area contributed by atoms with Gasteiger partial charge in [-0.3, -0.25) is 4.79 Å². The molecule has 21 heavy (non-hydrogen) atoms. The van der Waals surface area contributed by atoms with Crippen molar-refractivity contribution in [1.29, 1.82) is 0 Å². The second-order valence-corrected chi connectivity index (χ2v) is 5.49. The maximum Gasteiger partial charge on any atom is 0.254 e. The first-order chi connectivity index (χ1) is 10.1. The Labute approximate surface area is 123 Å². The molecule has 1 saturated carbocycles. The van der Waals surface area contributed by atoms with Gasteiger partial charge in [-0.1, -0.05) is 17.7 Å². The number of rotatable bonds is 4. The molecule has 0 saturated heterocycles. The molecule has 108 valence electrons. The van der Waals surface area contributed by atoms with Crippen LogP contribution >= 0.6 is 0 Å². The van der Waals surface area contributed by atoms with Gasteiger partial charge in [0.1, 0.15) is 0 Å². The monoisotopic (exact) mass is 282 g/mol.